The number of aryl methyl sites for hydroxylation is 1. The van der Waals surface area contributed by atoms with E-state index in [4.69, 9.17) is 5.26 Å². The van der Waals surface area contributed by atoms with E-state index in [1.54, 1.807) is 0 Å². The molecule has 2 N–H and O–H groups in total. The van der Waals surface area contributed by atoms with Gasteiger partial charge in [0.2, 0.25) is 0 Å². The molecule has 0 bridgehead atoms. The van der Waals surface area contributed by atoms with Crippen LogP contribution in [0.15, 0.2) is 30.0 Å². The number of nitriles is 1. The molecule has 1 rings (SSSR count). The van der Waals surface area contributed by atoms with E-state index in [1.165, 1.54) is 11.9 Å². The Balaban J connectivity index is 0.00000576. The topological polar surface area (TPSA) is 68.2 Å². The minimum Gasteiger partial charge on any atom is -1.00 e. The minimum absolute atomic E-state index is 0. The summed E-state index contributed by atoms with van der Waals surface area (Å²) in [5, 5.41) is 15.0. The van der Waals surface area contributed by atoms with Crippen molar-refractivity contribution in [2.75, 3.05) is 29.9 Å². The van der Waals surface area contributed by atoms with Crippen LogP contribution in [0.1, 0.15) is 39.2 Å². The van der Waals surface area contributed by atoms with Crippen molar-refractivity contribution < 1.29 is 17.2 Å². The van der Waals surface area contributed by atoms with E-state index in [2.05, 4.69) is 42.4 Å². The first kappa shape index (κ1) is 22.8. The van der Waals surface area contributed by atoms with E-state index >= 15 is 0 Å². The number of carbonyl (C=O) groups is 1. The molecule has 0 saturated heterocycles. The summed E-state index contributed by atoms with van der Waals surface area (Å²) in [5.74, 6) is -0.337. The van der Waals surface area contributed by atoms with Crippen molar-refractivity contribution in [3.8, 4) is 6.07 Å². The van der Waals surface area contributed by atoms with Gasteiger partial charge in [0.25, 0.3) is 5.91 Å². The second kappa shape index (κ2) is 12.2. The number of carbonyl (C=O) groups excluding carboxylic acids is 1. The van der Waals surface area contributed by atoms with Gasteiger partial charge < -0.3 is 27.9 Å². The molecule has 1 amide bonds. The molecule has 1 aromatic carbocycles. The number of amides is 1. The van der Waals surface area contributed by atoms with Crippen LogP contribution in [0, 0.1) is 18.3 Å². The van der Waals surface area contributed by atoms with Crippen molar-refractivity contribution in [2.45, 2.75) is 40.5 Å². The highest BCUT2D eigenvalue weighted by Crippen LogP contribution is 2.22. The van der Waals surface area contributed by atoms with E-state index in [9.17, 15) is 4.79 Å². The Kier molecular flexibility index (Phi) is 11.1. The third-order valence-corrected chi connectivity index (χ3v) is 3.89. The van der Waals surface area contributed by atoms with Gasteiger partial charge in [-0.2, -0.15) is 5.26 Å². The average Bonchev–Trinajstić information content (AvgIpc) is 2.58. The summed E-state index contributed by atoms with van der Waals surface area (Å²) in [4.78, 5) is 14.2. The molecule has 0 radical (unpaired) electrons. The molecule has 0 aliphatic carbocycles. The second-order valence-electron chi connectivity index (χ2n) is 5.60. The SMILES string of the molecule is CCCCNC(=O)/C(C#N)=C\Nc1ccc(N(CC)CC)cc1C.[Cl-]. The first-order valence-corrected chi connectivity index (χ1v) is 8.57. The normalized spacial score (nSPS) is 10.4. The Morgan fingerprint density at radius 3 is 2.48 bits per heavy atom. The standard InChI is InChI=1S/C19H28N4O.ClH/c1-5-8-11-21-19(24)16(13-20)14-22-18-10-9-17(12-15(18)4)23(6-2)7-3;/h9-10,12,14,22H,5-8,11H2,1-4H3,(H,21,24);1H/p-1/b16-14-;. The fraction of sp³-hybridized carbons (Fsp3) is 0.474. The van der Waals surface area contributed by atoms with Crippen molar-refractivity contribution in [3.63, 3.8) is 0 Å². The van der Waals surface area contributed by atoms with E-state index in [1.807, 2.05) is 25.1 Å². The van der Waals surface area contributed by atoms with E-state index in [0.717, 1.165) is 37.2 Å². The fourth-order valence-corrected chi connectivity index (χ4v) is 2.37. The van der Waals surface area contributed by atoms with Gasteiger partial charge in [0.1, 0.15) is 11.6 Å². The molecule has 0 fully saturated rings. The maximum atomic E-state index is 11.9. The van der Waals surface area contributed by atoms with Crippen molar-refractivity contribution in [1.82, 2.24) is 5.32 Å². The molecular formula is C19H28ClN4O-. The van der Waals surface area contributed by atoms with Crippen LogP contribution in [-0.2, 0) is 4.79 Å². The van der Waals surface area contributed by atoms with Crippen molar-refractivity contribution in [3.05, 3.63) is 35.5 Å². The molecule has 5 nitrogen and oxygen atoms in total. The molecule has 0 saturated carbocycles. The third-order valence-electron chi connectivity index (χ3n) is 3.89. The van der Waals surface area contributed by atoms with Gasteiger partial charge in [-0.05, 0) is 51.0 Å². The van der Waals surface area contributed by atoms with Gasteiger partial charge in [0.15, 0.2) is 0 Å². The Labute approximate surface area is 157 Å². The molecule has 0 aromatic heterocycles. The predicted molar refractivity (Wildman–Crippen MR) is 100.0 cm³/mol. The summed E-state index contributed by atoms with van der Waals surface area (Å²) in [6.45, 7) is 10.8. The number of hydrogen-bond acceptors (Lipinski definition) is 4. The van der Waals surface area contributed by atoms with Gasteiger partial charge in [-0.1, -0.05) is 13.3 Å². The summed E-state index contributed by atoms with van der Waals surface area (Å²) in [6.07, 6.45) is 3.38. The number of anilines is 2. The van der Waals surface area contributed by atoms with Crippen LogP contribution in [0.3, 0.4) is 0 Å². The monoisotopic (exact) mass is 363 g/mol. The molecule has 0 unspecified atom stereocenters. The maximum Gasteiger partial charge on any atom is 0.263 e. The third kappa shape index (κ3) is 7.06. The average molecular weight is 364 g/mol. The molecule has 0 aliphatic heterocycles. The predicted octanol–water partition coefficient (Wildman–Crippen LogP) is 0.581. The van der Waals surface area contributed by atoms with Crippen LogP contribution in [0.5, 0.6) is 0 Å². The lowest BCUT2D eigenvalue weighted by Gasteiger charge is -2.22. The van der Waals surface area contributed by atoms with E-state index in [-0.39, 0.29) is 23.9 Å². The summed E-state index contributed by atoms with van der Waals surface area (Å²) < 4.78 is 0. The molecule has 6 heteroatoms. The van der Waals surface area contributed by atoms with Gasteiger partial charge >= 0.3 is 0 Å². The zero-order valence-corrected chi connectivity index (χ0v) is 16.3. The second-order valence-corrected chi connectivity index (χ2v) is 5.60. The first-order chi connectivity index (χ1) is 11.6. The number of hydrogen-bond donors (Lipinski definition) is 2. The van der Waals surface area contributed by atoms with Gasteiger partial charge in [-0.25, -0.2) is 0 Å². The number of nitrogens with zero attached hydrogens (tertiary/aromatic N) is 2. The molecule has 0 heterocycles. The van der Waals surface area contributed by atoms with Crippen LogP contribution in [0.2, 0.25) is 0 Å². The number of nitrogens with one attached hydrogen (secondary N) is 2. The lowest BCUT2D eigenvalue weighted by Crippen LogP contribution is -3.00. The summed E-state index contributed by atoms with van der Waals surface area (Å²) >= 11 is 0. The largest absolute Gasteiger partial charge is 1.00 e. The van der Waals surface area contributed by atoms with E-state index in [0.29, 0.717) is 6.54 Å². The Morgan fingerprint density at radius 2 is 1.96 bits per heavy atom. The first-order valence-electron chi connectivity index (χ1n) is 8.57. The quantitative estimate of drug-likeness (QED) is 0.382. The number of unbranched alkanes of at least 4 members (excludes halogenated alkanes) is 1. The van der Waals surface area contributed by atoms with Crippen molar-refractivity contribution in [2.24, 2.45) is 0 Å². The lowest BCUT2D eigenvalue weighted by molar-refractivity contribution is -0.117. The van der Waals surface area contributed by atoms with Gasteiger partial charge in [0, 0.05) is 37.2 Å². The van der Waals surface area contributed by atoms with Gasteiger partial charge in [-0.3, -0.25) is 4.79 Å². The Hall–Kier alpha value is -2.19. The molecule has 138 valence electrons. The van der Waals surface area contributed by atoms with Crippen LogP contribution < -0.4 is 27.9 Å². The van der Waals surface area contributed by atoms with Crippen LogP contribution in [0.4, 0.5) is 11.4 Å². The fourth-order valence-electron chi connectivity index (χ4n) is 2.37. The Bertz CT molecular complexity index is 618. The van der Waals surface area contributed by atoms with Crippen molar-refractivity contribution in [1.29, 1.82) is 5.26 Å². The molecule has 0 aliphatic rings. The number of benzene rings is 1. The maximum absolute atomic E-state index is 11.9. The molecule has 1 aromatic rings. The van der Waals surface area contributed by atoms with E-state index < -0.39 is 0 Å². The van der Waals surface area contributed by atoms with Crippen molar-refractivity contribution >= 4 is 17.3 Å². The highest BCUT2D eigenvalue weighted by molar-refractivity contribution is 5.97. The minimum atomic E-state index is -0.337. The van der Waals surface area contributed by atoms with Crippen LogP contribution >= 0.6 is 0 Å². The van der Waals surface area contributed by atoms with Gasteiger partial charge in [0.05, 0.1) is 0 Å². The summed E-state index contributed by atoms with van der Waals surface area (Å²) in [5.41, 5.74) is 3.21. The Morgan fingerprint density at radius 1 is 1.28 bits per heavy atom. The zero-order chi connectivity index (χ0) is 17.9. The summed E-state index contributed by atoms with van der Waals surface area (Å²) in [7, 11) is 0. The molecule has 0 atom stereocenters. The smallest absolute Gasteiger partial charge is 0.263 e. The molecular weight excluding hydrogens is 336 g/mol. The number of halogens is 1. The van der Waals surface area contributed by atoms with Crippen LogP contribution in [0.25, 0.3) is 0 Å². The summed E-state index contributed by atoms with van der Waals surface area (Å²) in [6, 6.07) is 8.07. The van der Waals surface area contributed by atoms with Gasteiger partial charge in [-0.15, -0.1) is 0 Å². The molecule has 25 heavy (non-hydrogen) atoms. The molecule has 0 spiro atoms. The highest BCUT2D eigenvalue weighted by Gasteiger charge is 2.09. The lowest BCUT2D eigenvalue weighted by atomic mass is 10.1. The zero-order valence-electron chi connectivity index (χ0n) is 15.5. The highest BCUT2D eigenvalue weighted by atomic mass is 35.5. The van der Waals surface area contributed by atoms with Crippen LogP contribution in [-0.4, -0.2) is 25.5 Å². The number of rotatable bonds is 9.